The van der Waals surface area contributed by atoms with E-state index in [1.54, 1.807) is 71.6 Å². The lowest BCUT2D eigenvalue weighted by atomic mass is 10.1. The van der Waals surface area contributed by atoms with Crippen LogP contribution in [0, 0.1) is 6.92 Å². The predicted molar refractivity (Wildman–Crippen MR) is 119 cm³/mol. The van der Waals surface area contributed by atoms with Crippen LogP contribution in [0.5, 0.6) is 0 Å². The van der Waals surface area contributed by atoms with Gasteiger partial charge in [-0.05, 0) is 60.6 Å². The van der Waals surface area contributed by atoms with Crippen LogP contribution in [-0.2, 0) is 9.47 Å². The summed E-state index contributed by atoms with van der Waals surface area (Å²) < 4.78 is 12.6. The third-order valence-electron chi connectivity index (χ3n) is 4.08. The summed E-state index contributed by atoms with van der Waals surface area (Å²) in [6.07, 6.45) is 1.74. The quantitative estimate of drug-likeness (QED) is 0.547. The molecule has 0 fully saturated rings. The van der Waals surface area contributed by atoms with Gasteiger partial charge in [-0.1, -0.05) is 12.1 Å². The van der Waals surface area contributed by atoms with Crippen molar-refractivity contribution in [3.8, 4) is 5.69 Å². The first-order chi connectivity index (χ1) is 14.4. The van der Waals surface area contributed by atoms with Crippen LogP contribution in [0.4, 0.5) is 15.4 Å². The molecule has 2 heterocycles. The molecule has 1 aromatic carbocycles. The number of anilines is 1. The van der Waals surface area contributed by atoms with E-state index in [1.807, 2.05) is 24.3 Å². The molecule has 3 rings (SSSR count). The number of carbonyl (C=O) groups excluding carboxylic acids is 2. The van der Waals surface area contributed by atoms with Crippen LogP contribution in [0.2, 0.25) is 0 Å². The summed E-state index contributed by atoms with van der Waals surface area (Å²) in [4.78, 5) is 31.2. The van der Waals surface area contributed by atoms with Gasteiger partial charge in [-0.2, -0.15) is 10.00 Å². The zero-order valence-electron chi connectivity index (χ0n) is 19.0. The third-order valence-corrected chi connectivity index (χ3v) is 4.08. The summed E-state index contributed by atoms with van der Waals surface area (Å²) in [5.41, 5.74) is -0.289. The van der Waals surface area contributed by atoms with Crippen molar-refractivity contribution in [3.63, 3.8) is 0 Å². The number of benzene rings is 1. The number of nitrogens with zero attached hydrogens (tertiary/aromatic N) is 4. The second kappa shape index (κ2) is 8.02. The largest absolute Gasteiger partial charge is 0.443 e. The van der Waals surface area contributed by atoms with Gasteiger partial charge in [-0.15, -0.1) is 0 Å². The number of carbonyl (C=O) groups is 2. The van der Waals surface area contributed by atoms with Crippen molar-refractivity contribution in [2.45, 2.75) is 59.7 Å². The Labute approximate surface area is 181 Å². The minimum atomic E-state index is -0.843. The molecule has 0 radical (unpaired) electrons. The van der Waals surface area contributed by atoms with Gasteiger partial charge in [0, 0.05) is 29.2 Å². The number of ether oxygens (including phenoxy) is 2. The van der Waals surface area contributed by atoms with Crippen LogP contribution in [0.25, 0.3) is 16.5 Å². The van der Waals surface area contributed by atoms with E-state index in [9.17, 15) is 9.59 Å². The molecule has 0 N–H and O–H groups in total. The minimum absolute atomic E-state index is 0.227. The van der Waals surface area contributed by atoms with Crippen LogP contribution in [0.15, 0.2) is 42.7 Å². The topological polar surface area (TPSA) is 86.5 Å². The molecule has 3 aromatic rings. The Kier molecular flexibility index (Phi) is 5.76. The maximum absolute atomic E-state index is 13.1. The Morgan fingerprint density at radius 3 is 2.16 bits per heavy atom. The molecule has 0 aliphatic carbocycles. The van der Waals surface area contributed by atoms with E-state index in [4.69, 9.17) is 9.47 Å². The molecule has 2 aromatic heterocycles. The SMILES string of the molecule is Cc1cc(N(C(=O)OC(C)(C)C)C(=O)OC(C)(C)C)n(-c2cccc3cnccc23)n1. The maximum atomic E-state index is 13.1. The summed E-state index contributed by atoms with van der Waals surface area (Å²) in [7, 11) is 0. The number of imide groups is 1. The molecule has 0 aliphatic heterocycles. The molecule has 0 aliphatic rings. The van der Waals surface area contributed by atoms with Crippen molar-refractivity contribution in [3.05, 3.63) is 48.4 Å². The van der Waals surface area contributed by atoms with Crippen molar-refractivity contribution in [1.29, 1.82) is 0 Å². The smallest absolute Gasteiger partial charge is 0.425 e. The molecule has 0 unspecified atom stereocenters. The third kappa shape index (κ3) is 5.20. The average molecular weight is 425 g/mol. The van der Waals surface area contributed by atoms with Crippen molar-refractivity contribution >= 4 is 28.8 Å². The minimum Gasteiger partial charge on any atom is -0.443 e. The number of amides is 2. The van der Waals surface area contributed by atoms with Crippen LogP contribution in [0.3, 0.4) is 0 Å². The molecule has 0 bridgehead atoms. The van der Waals surface area contributed by atoms with Gasteiger partial charge in [0.1, 0.15) is 11.2 Å². The highest BCUT2D eigenvalue weighted by Gasteiger charge is 2.35. The second-order valence-corrected chi connectivity index (χ2v) is 9.23. The monoisotopic (exact) mass is 424 g/mol. The number of hydrogen-bond acceptors (Lipinski definition) is 6. The fourth-order valence-electron chi connectivity index (χ4n) is 2.99. The lowest BCUT2D eigenvalue weighted by Crippen LogP contribution is -2.44. The zero-order valence-corrected chi connectivity index (χ0v) is 19.0. The van der Waals surface area contributed by atoms with Gasteiger partial charge in [-0.25, -0.2) is 14.3 Å². The maximum Gasteiger partial charge on any atom is 0.425 e. The van der Waals surface area contributed by atoms with Gasteiger partial charge in [0.2, 0.25) is 0 Å². The van der Waals surface area contributed by atoms with E-state index < -0.39 is 23.4 Å². The van der Waals surface area contributed by atoms with Gasteiger partial charge in [0.15, 0.2) is 5.82 Å². The lowest BCUT2D eigenvalue weighted by molar-refractivity contribution is 0.0428. The standard InChI is InChI=1S/C23H28N4O4/c1-15-13-19(26(20(28)30-22(2,3)4)21(29)31-23(5,6)7)27(25-15)18-10-8-9-16-14-24-12-11-17(16)18/h8-14H,1-7H3. The molecular formula is C23H28N4O4. The van der Waals surface area contributed by atoms with E-state index in [-0.39, 0.29) is 5.82 Å². The number of aryl methyl sites for hydroxylation is 1. The number of hydrogen-bond donors (Lipinski definition) is 0. The molecule has 2 amide bonds. The van der Waals surface area contributed by atoms with Crippen LogP contribution >= 0.6 is 0 Å². The summed E-state index contributed by atoms with van der Waals surface area (Å²) >= 11 is 0. The molecule has 0 spiro atoms. The van der Waals surface area contributed by atoms with Crippen LogP contribution in [-0.4, -0.2) is 38.2 Å². The number of aromatic nitrogens is 3. The Bertz CT molecular complexity index is 1090. The Hall–Kier alpha value is -3.42. The lowest BCUT2D eigenvalue weighted by Gasteiger charge is -2.28. The Morgan fingerprint density at radius 1 is 0.968 bits per heavy atom. The van der Waals surface area contributed by atoms with Gasteiger partial charge >= 0.3 is 12.2 Å². The first-order valence-electron chi connectivity index (χ1n) is 10.0. The molecular weight excluding hydrogens is 396 g/mol. The predicted octanol–water partition coefficient (Wildman–Crippen LogP) is 5.41. The van der Waals surface area contributed by atoms with Crippen molar-refractivity contribution < 1.29 is 19.1 Å². The molecule has 0 atom stereocenters. The van der Waals surface area contributed by atoms with E-state index >= 15 is 0 Å². The summed E-state index contributed by atoms with van der Waals surface area (Å²) in [5.74, 6) is 0.227. The van der Waals surface area contributed by atoms with Crippen molar-refractivity contribution in [1.82, 2.24) is 14.8 Å². The second-order valence-electron chi connectivity index (χ2n) is 9.23. The molecule has 8 nitrogen and oxygen atoms in total. The van der Waals surface area contributed by atoms with Crippen molar-refractivity contribution in [2.75, 3.05) is 4.90 Å². The first kappa shape index (κ1) is 22.3. The molecule has 0 saturated heterocycles. The Balaban J connectivity index is 2.18. The number of pyridine rings is 1. The molecule has 8 heteroatoms. The fourth-order valence-corrected chi connectivity index (χ4v) is 2.99. The van der Waals surface area contributed by atoms with Gasteiger partial charge in [0.25, 0.3) is 0 Å². The molecule has 164 valence electrons. The average Bonchev–Trinajstić information content (AvgIpc) is 2.99. The normalized spacial score (nSPS) is 12.0. The summed E-state index contributed by atoms with van der Waals surface area (Å²) in [6, 6.07) is 9.16. The van der Waals surface area contributed by atoms with Gasteiger partial charge in [-0.3, -0.25) is 4.98 Å². The van der Waals surface area contributed by atoms with E-state index in [0.29, 0.717) is 11.4 Å². The van der Waals surface area contributed by atoms with E-state index in [1.165, 1.54) is 0 Å². The number of rotatable bonds is 2. The van der Waals surface area contributed by atoms with E-state index in [2.05, 4.69) is 10.1 Å². The van der Waals surface area contributed by atoms with Crippen molar-refractivity contribution in [2.24, 2.45) is 0 Å². The summed E-state index contributed by atoms with van der Waals surface area (Å²) in [5, 5.41) is 6.32. The van der Waals surface area contributed by atoms with E-state index in [0.717, 1.165) is 15.7 Å². The van der Waals surface area contributed by atoms with Gasteiger partial charge < -0.3 is 9.47 Å². The number of fused-ring (bicyclic) bond motifs is 1. The zero-order chi connectivity index (χ0) is 23.0. The Morgan fingerprint density at radius 2 is 1.58 bits per heavy atom. The van der Waals surface area contributed by atoms with Crippen LogP contribution in [0.1, 0.15) is 47.2 Å². The highest BCUT2D eigenvalue weighted by atomic mass is 16.6. The van der Waals surface area contributed by atoms with Crippen LogP contribution < -0.4 is 4.90 Å². The highest BCUT2D eigenvalue weighted by Crippen LogP contribution is 2.29. The first-order valence-corrected chi connectivity index (χ1v) is 10.0. The molecule has 0 saturated carbocycles. The van der Waals surface area contributed by atoms with Gasteiger partial charge in [0.05, 0.1) is 11.4 Å². The fraction of sp³-hybridized carbons (Fsp3) is 0.391. The summed E-state index contributed by atoms with van der Waals surface area (Å²) in [6.45, 7) is 12.2. The molecule has 31 heavy (non-hydrogen) atoms. The highest BCUT2D eigenvalue weighted by molar-refractivity contribution is 6.09.